The van der Waals surface area contributed by atoms with E-state index in [-0.39, 0.29) is 11.7 Å². The van der Waals surface area contributed by atoms with Crippen molar-refractivity contribution in [3.63, 3.8) is 0 Å². The Morgan fingerprint density at radius 1 is 1.25 bits per heavy atom. The highest BCUT2D eigenvalue weighted by Crippen LogP contribution is 2.42. The van der Waals surface area contributed by atoms with Crippen LogP contribution in [0.2, 0.25) is 0 Å². The molecule has 0 saturated carbocycles. The number of benzene rings is 1. The molecule has 2 saturated heterocycles. The summed E-state index contributed by atoms with van der Waals surface area (Å²) in [5, 5.41) is 10.4. The van der Waals surface area contributed by atoms with Gasteiger partial charge in [0.25, 0.3) is 0 Å². The zero-order chi connectivity index (χ0) is 13.8. The molecule has 0 radical (unpaired) electrons. The van der Waals surface area contributed by atoms with Crippen LogP contribution in [0.15, 0.2) is 30.3 Å². The molecule has 110 valence electrons. The van der Waals surface area contributed by atoms with Crippen molar-refractivity contribution in [1.29, 1.82) is 0 Å². The van der Waals surface area contributed by atoms with Gasteiger partial charge in [0.2, 0.25) is 0 Å². The van der Waals surface area contributed by atoms with E-state index >= 15 is 0 Å². The number of aliphatic hydroxyl groups is 1. The molecule has 2 aliphatic rings. The fourth-order valence-corrected chi connectivity index (χ4v) is 4.79. The van der Waals surface area contributed by atoms with Gasteiger partial charge in [0.1, 0.15) is 0 Å². The van der Waals surface area contributed by atoms with E-state index in [9.17, 15) is 5.11 Å². The molecular formula is C17H24O2S. The lowest BCUT2D eigenvalue weighted by atomic mass is 9.79. The van der Waals surface area contributed by atoms with Crippen LogP contribution in [0.25, 0.3) is 0 Å². The van der Waals surface area contributed by atoms with Gasteiger partial charge in [0, 0.05) is 6.61 Å². The predicted molar refractivity (Wildman–Crippen MR) is 84.0 cm³/mol. The number of ether oxygens (including phenoxy) is 1. The molecule has 2 aliphatic heterocycles. The van der Waals surface area contributed by atoms with Crippen LogP contribution in [0.3, 0.4) is 0 Å². The van der Waals surface area contributed by atoms with E-state index in [0.29, 0.717) is 5.92 Å². The molecule has 3 rings (SSSR count). The molecule has 1 N–H and O–H groups in total. The molecule has 0 bridgehead atoms. The Morgan fingerprint density at radius 3 is 2.75 bits per heavy atom. The molecule has 1 aromatic rings. The zero-order valence-corrected chi connectivity index (χ0v) is 12.8. The summed E-state index contributed by atoms with van der Waals surface area (Å²) >= 11 is 2.05. The van der Waals surface area contributed by atoms with Crippen molar-refractivity contribution in [3.05, 3.63) is 35.9 Å². The third kappa shape index (κ3) is 3.38. The maximum atomic E-state index is 10.4. The number of thioether (sulfide) groups is 1. The van der Waals surface area contributed by atoms with Crippen molar-refractivity contribution in [2.24, 2.45) is 5.92 Å². The summed E-state index contributed by atoms with van der Waals surface area (Å²) in [5.41, 5.74) is 1.18. The molecule has 3 heteroatoms. The second kappa shape index (κ2) is 6.50. The van der Waals surface area contributed by atoms with E-state index in [2.05, 4.69) is 0 Å². The highest BCUT2D eigenvalue weighted by atomic mass is 32.2. The molecule has 1 aromatic carbocycles. The average molecular weight is 292 g/mol. The highest BCUT2D eigenvalue weighted by molar-refractivity contribution is 7.99. The van der Waals surface area contributed by atoms with Gasteiger partial charge >= 0.3 is 0 Å². The lowest BCUT2D eigenvalue weighted by Crippen LogP contribution is -2.43. The van der Waals surface area contributed by atoms with Crippen LogP contribution in [0.5, 0.6) is 0 Å². The normalized spacial score (nSPS) is 27.4. The van der Waals surface area contributed by atoms with Crippen LogP contribution in [-0.4, -0.2) is 28.8 Å². The van der Waals surface area contributed by atoms with Crippen molar-refractivity contribution in [3.8, 4) is 0 Å². The molecule has 2 unspecified atom stereocenters. The van der Waals surface area contributed by atoms with Gasteiger partial charge in [0.15, 0.2) is 0 Å². The second-order valence-electron chi connectivity index (χ2n) is 6.16. The minimum Gasteiger partial charge on any atom is -0.388 e. The largest absolute Gasteiger partial charge is 0.388 e. The van der Waals surface area contributed by atoms with Crippen molar-refractivity contribution < 1.29 is 9.84 Å². The minimum atomic E-state index is -0.325. The third-order valence-electron chi connectivity index (χ3n) is 4.74. The number of rotatable bonds is 3. The van der Waals surface area contributed by atoms with Gasteiger partial charge in [-0.15, -0.1) is 0 Å². The van der Waals surface area contributed by atoms with Gasteiger partial charge in [-0.25, -0.2) is 0 Å². The Bertz CT molecular complexity index is 409. The lowest BCUT2D eigenvalue weighted by molar-refractivity contribution is -0.107. The maximum Gasteiger partial charge on any atom is 0.0792 e. The summed E-state index contributed by atoms with van der Waals surface area (Å²) < 4.78 is 6.13. The minimum absolute atomic E-state index is 0.130. The van der Waals surface area contributed by atoms with Crippen molar-refractivity contribution >= 4 is 11.8 Å². The monoisotopic (exact) mass is 292 g/mol. The van der Waals surface area contributed by atoms with E-state index in [4.69, 9.17) is 4.74 Å². The molecule has 0 aliphatic carbocycles. The third-order valence-corrected chi connectivity index (χ3v) is 5.73. The highest BCUT2D eigenvalue weighted by Gasteiger charge is 2.39. The summed E-state index contributed by atoms with van der Waals surface area (Å²) in [6.45, 7) is 0.872. The van der Waals surface area contributed by atoms with Crippen molar-refractivity contribution in [1.82, 2.24) is 0 Å². The number of hydrogen-bond donors (Lipinski definition) is 1. The molecule has 2 atom stereocenters. The number of hydrogen-bond acceptors (Lipinski definition) is 3. The molecule has 0 amide bonds. The Labute approximate surface area is 125 Å². The van der Waals surface area contributed by atoms with Gasteiger partial charge in [-0.3, -0.25) is 0 Å². The molecule has 2 heterocycles. The van der Waals surface area contributed by atoms with E-state index in [0.717, 1.165) is 31.4 Å². The lowest BCUT2D eigenvalue weighted by Gasteiger charge is -2.43. The van der Waals surface area contributed by atoms with Gasteiger partial charge in [-0.2, -0.15) is 11.8 Å². The molecule has 1 spiro atoms. The second-order valence-corrected chi connectivity index (χ2v) is 7.39. The Kier molecular flexibility index (Phi) is 4.69. The van der Waals surface area contributed by atoms with Gasteiger partial charge in [0.05, 0.1) is 11.7 Å². The van der Waals surface area contributed by atoms with Crippen LogP contribution in [0.1, 0.15) is 43.8 Å². The van der Waals surface area contributed by atoms with E-state index in [1.807, 2.05) is 42.1 Å². The van der Waals surface area contributed by atoms with Gasteiger partial charge in [-0.05, 0) is 55.1 Å². The summed E-state index contributed by atoms with van der Waals surface area (Å²) in [7, 11) is 0. The summed E-state index contributed by atoms with van der Waals surface area (Å²) in [5.74, 6) is 3.06. The summed E-state index contributed by atoms with van der Waals surface area (Å²) in [6, 6.07) is 10.1. The summed E-state index contributed by atoms with van der Waals surface area (Å²) in [6.07, 6.45) is 5.17. The first-order chi connectivity index (χ1) is 9.77. The SMILES string of the molecule is OC(CC1CCOC2(CCSCC2)C1)c1ccccc1. The topological polar surface area (TPSA) is 29.5 Å². The van der Waals surface area contributed by atoms with Crippen LogP contribution < -0.4 is 0 Å². The average Bonchev–Trinajstić information content (AvgIpc) is 2.49. The van der Waals surface area contributed by atoms with Crippen LogP contribution in [0.4, 0.5) is 0 Å². The maximum absolute atomic E-state index is 10.4. The first-order valence-electron chi connectivity index (χ1n) is 7.72. The number of aliphatic hydroxyl groups excluding tert-OH is 1. The first kappa shape index (κ1) is 14.4. The zero-order valence-electron chi connectivity index (χ0n) is 12.0. The fourth-order valence-electron chi connectivity index (χ4n) is 3.55. The quantitative estimate of drug-likeness (QED) is 0.919. The predicted octanol–water partition coefficient (Wildman–Crippen LogP) is 3.80. The summed E-state index contributed by atoms with van der Waals surface area (Å²) in [4.78, 5) is 0. The Hall–Kier alpha value is -0.510. The van der Waals surface area contributed by atoms with E-state index in [1.165, 1.54) is 24.3 Å². The standard InChI is InChI=1S/C17H24O2S/c18-16(15-4-2-1-3-5-15)12-14-6-9-19-17(13-14)7-10-20-11-8-17/h1-5,14,16,18H,6-13H2. The molecule has 20 heavy (non-hydrogen) atoms. The van der Waals surface area contributed by atoms with Gasteiger partial charge < -0.3 is 9.84 Å². The first-order valence-corrected chi connectivity index (χ1v) is 8.88. The molecule has 0 aromatic heterocycles. The van der Waals surface area contributed by atoms with Crippen molar-refractivity contribution in [2.75, 3.05) is 18.1 Å². The fraction of sp³-hybridized carbons (Fsp3) is 0.647. The Balaban J connectivity index is 1.60. The van der Waals surface area contributed by atoms with E-state index < -0.39 is 0 Å². The van der Waals surface area contributed by atoms with Crippen LogP contribution in [0, 0.1) is 5.92 Å². The molecule has 2 nitrogen and oxygen atoms in total. The molecule has 2 fully saturated rings. The Morgan fingerprint density at radius 2 is 2.00 bits per heavy atom. The van der Waals surface area contributed by atoms with Crippen molar-refractivity contribution in [2.45, 2.75) is 43.8 Å². The smallest absolute Gasteiger partial charge is 0.0792 e. The van der Waals surface area contributed by atoms with E-state index in [1.54, 1.807) is 0 Å². The van der Waals surface area contributed by atoms with Crippen LogP contribution in [-0.2, 0) is 4.74 Å². The molecular weight excluding hydrogens is 268 g/mol. The van der Waals surface area contributed by atoms with Crippen LogP contribution >= 0.6 is 11.8 Å². The van der Waals surface area contributed by atoms with Gasteiger partial charge in [-0.1, -0.05) is 30.3 Å².